The van der Waals surface area contributed by atoms with Crippen molar-refractivity contribution in [3.8, 4) is 0 Å². The summed E-state index contributed by atoms with van der Waals surface area (Å²) in [5, 5.41) is 4.35. The number of hydrogen-bond donors (Lipinski definition) is 3. The van der Waals surface area contributed by atoms with E-state index in [0.29, 0.717) is 0 Å². The summed E-state index contributed by atoms with van der Waals surface area (Å²) in [5.74, 6) is -1.68. The van der Waals surface area contributed by atoms with E-state index in [4.69, 9.17) is 9.47 Å². The SMILES string of the molecule is CC(C)(C)OC(=O)NCC(=O)NOC(=O)CNC(=O)OC(C)(C)C. The zero-order valence-electron chi connectivity index (χ0n) is 14.8. The van der Waals surface area contributed by atoms with Gasteiger partial charge in [0.1, 0.15) is 24.3 Å². The van der Waals surface area contributed by atoms with E-state index in [2.05, 4.69) is 15.5 Å². The van der Waals surface area contributed by atoms with Gasteiger partial charge >= 0.3 is 18.2 Å². The molecule has 0 unspecified atom stereocenters. The largest absolute Gasteiger partial charge is 0.444 e. The second-order valence-corrected chi connectivity index (χ2v) is 6.71. The van der Waals surface area contributed by atoms with Crippen molar-refractivity contribution in [2.45, 2.75) is 52.7 Å². The van der Waals surface area contributed by atoms with E-state index in [1.807, 2.05) is 5.48 Å². The van der Waals surface area contributed by atoms with Gasteiger partial charge in [0.2, 0.25) is 0 Å². The number of alkyl carbamates (subject to hydrolysis) is 2. The molecule has 0 bridgehead atoms. The van der Waals surface area contributed by atoms with Crippen LogP contribution in [0, 0.1) is 0 Å². The summed E-state index contributed by atoms with van der Waals surface area (Å²) in [6, 6.07) is 0. The molecule has 138 valence electrons. The molecule has 0 aliphatic carbocycles. The average Bonchev–Trinajstić information content (AvgIpc) is 2.36. The van der Waals surface area contributed by atoms with Crippen LogP contribution in [-0.4, -0.2) is 48.4 Å². The van der Waals surface area contributed by atoms with Crippen molar-refractivity contribution in [1.82, 2.24) is 16.1 Å². The van der Waals surface area contributed by atoms with Gasteiger partial charge < -0.3 is 24.9 Å². The van der Waals surface area contributed by atoms with Crippen molar-refractivity contribution in [3.63, 3.8) is 0 Å². The van der Waals surface area contributed by atoms with Crippen molar-refractivity contribution in [2.24, 2.45) is 0 Å². The van der Waals surface area contributed by atoms with E-state index in [0.717, 1.165) is 0 Å². The molecule has 0 atom stereocenters. The molecule has 0 aliphatic heterocycles. The molecule has 3 N–H and O–H groups in total. The number of nitrogens with one attached hydrogen (secondary N) is 3. The molecule has 0 fully saturated rings. The highest BCUT2D eigenvalue weighted by molar-refractivity contribution is 5.83. The Hall–Kier alpha value is -2.52. The molecular formula is C14H25N3O7. The Morgan fingerprint density at radius 1 is 0.750 bits per heavy atom. The predicted octanol–water partition coefficient (Wildman–Crippen LogP) is 0.610. The van der Waals surface area contributed by atoms with Gasteiger partial charge in [-0.3, -0.25) is 4.79 Å². The van der Waals surface area contributed by atoms with Crippen LogP contribution >= 0.6 is 0 Å². The molecule has 10 heteroatoms. The number of hydrogen-bond acceptors (Lipinski definition) is 7. The summed E-state index contributed by atoms with van der Waals surface area (Å²) < 4.78 is 9.83. The Balaban J connectivity index is 3.92. The molecule has 10 nitrogen and oxygen atoms in total. The average molecular weight is 347 g/mol. The van der Waals surface area contributed by atoms with Crippen LogP contribution in [0.3, 0.4) is 0 Å². The Labute approximate surface area is 140 Å². The fourth-order valence-electron chi connectivity index (χ4n) is 1.11. The lowest BCUT2D eigenvalue weighted by Gasteiger charge is -2.19. The zero-order chi connectivity index (χ0) is 19.0. The van der Waals surface area contributed by atoms with E-state index < -0.39 is 48.4 Å². The molecular weight excluding hydrogens is 322 g/mol. The Morgan fingerprint density at radius 2 is 1.17 bits per heavy atom. The van der Waals surface area contributed by atoms with Crippen molar-refractivity contribution < 1.29 is 33.5 Å². The lowest BCUT2D eigenvalue weighted by molar-refractivity contribution is -0.156. The fraction of sp³-hybridized carbons (Fsp3) is 0.714. The molecule has 0 aromatic rings. The van der Waals surface area contributed by atoms with Gasteiger partial charge in [-0.2, -0.15) is 5.48 Å². The third kappa shape index (κ3) is 13.2. The van der Waals surface area contributed by atoms with Gasteiger partial charge in [0.25, 0.3) is 5.91 Å². The van der Waals surface area contributed by atoms with Gasteiger partial charge in [0.05, 0.1) is 0 Å². The van der Waals surface area contributed by atoms with Gasteiger partial charge in [-0.15, -0.1) is 0 Å². The van der Waals surface area contributed by atoms with E-state index in [-0.39, 0.29) is 0 Å². The van der Waals surface area contributed by atoms with Crippen LogP contribution in [0.25, 0.3) is 0 Å². The summed E-state index contributed by atoms with van der Waals surface area (Å²) in [4.78, 5) is 49.7. The van der Waals surface area contributed by atoms with Crippen LogP contribution in [0.15, 0.2) is 0 Å². The number of amides is 3. The minimum atomic E-state index is -0.911. The van der Waals surface area contributed by atoms with Crippen LogP contribution in [0.5, 0.6) is 0 Å². The number of carbonyl (C=O) groups excluding carboxylic acids is 4. The van der Waals surface area contributed by atoms with E-state index >= 15 is 0 Å². The topological polar surface area (TPSA) is 132 Å². The minimum absolute atomic E-state index is 0.443. The third-order valence-electron chi connectivity index (χ3n) is 1.85. The van der Waals surface area contributed by atoms with Crippen molar-refractivity contribution in [2.75, 3.05) is 13.1 Å². The summed E-state index contributed by atoms with van der Waals surface area (Å²) in [6.07, 6.45) is -1.58. The van der Waals surface area contributed by atoms with Crippen LogP contribution in [0.2, 0.25) is 0 Å². The quantitative estimate of drug-likeness (QED) is 0.501. The Bertz CT molecular complexity index is 434. The van der Waals surface area contributed by atoms with Gasteiger partial charge in [0.15, 0.2) is 0 Å². The number of hydroxylamine groups is 1. The highest BCUT2D eigenvalue weighted by Crippen LogP contribution is 2.06. The lowest BCUT2D eigenvalue weighted by Crippen LogP contribution is -2.42. The third-order valence-corrected chi connectivity index (χ3v) is 1.85. The number of ether oxygens (including phenoxy) is 2. The van der Waals surface area contributed by atoms with Crippen molar-refractivity contribution in [3.05, 3.63) is 0 Å². The zero-order valence-corrected chi connectivity index (χ0v) is 14.8. The first-order valence-corrected chi connectivity index (χ1v) is 7.21. The van der Waals surface area contributed by atoms with E-state index in [9.17, 15) is 19.2 Å². The first kappa shape index (κ1) is 21.5. The highest BCUT2D eigenvalue weighted by Gasteiger charge is 2.18. The standard InChI is InChI=1S/C14H25N3O7/c1-13(2,3)22-11(20)15-7-9(18)17-24-10(19)8-16-12(21)23-14(4,5)6/h7-8H2,1-6H3,(H,15,20)(H,16,21)(H,17,18). The normalized spacial score (nSPS) is 11.1. The molecule has 0 aliphatic rings. The molecule has 0 aromatic carbocycles. The van der Waals surface area contributed by atoms with E-state index in [1.54, 1.807) is 41.5 Å². The molecule has 0 saturated heterocycles. The first-order chi connectivity index (χ1) is 10.8. The molecule has 0 saturated carbocycles. The molecule has 3 amide bonds. The number of rotatable bonds is 4. The highest BCUT2D eigenvalue weighted by atomic mass is 16.7. The maximum atomic E-state index is 11.4. The van der Waals surface area contributed by atoms with Crippen molar-refractivity contribution >= 4 is 24.1 Å². The van der Waals surface area contributed by atoms with Crippen LogP contribution in [-0.2, 0) is 23.9 Å². The summed E-state index contributed by atoms with van der Waals surface area (Å²) in [5.41, 5.74) is 0.429. The maximum absolute atomic E-state index is 11.4. The molecule has 0 radical (unpaired) electrons. The minimum Gasteiger partial charge on any atom is -0.444 e. The fourth-order valence-corrected chi connectivity index (χ4v) is 1.11. The molecule has 0 spiro atoms. The first-order valence-electron chi connectivity index (χ1n) is 7.21. The van der Waals surface area contributed by atoms with E-state index in [1.165, 1.54) is 0 Å². The van der Waals surface area contributed by atoms with Gasteiger partial charge in [0, 0.05) is 0 Å². The smallest absolute Gasteiger partial charge is 0.408 e. The van der Waals surface area contributed by atoms with Crippen LogP contribution in [0.1, 0.15) is 41.5 Å². The van der Waals surface area contributed by atoms with Gasteiger partial charge in [-0.25, -0.2) is 14.4 Å². The summed E-state index contributed by atoms with van der Waals surface area (Å²) in [6.45, 7) is 9.09. The summed E-state index contributed by atoms with van der Waals surface area (Å²) in [7, 11) is 0. The van der Waals surface area contributed by atoms with Gasteiger partial charge in [-0.05, 0) is 41.5 Å². The molecule has 24 heavy (non-hydrogen) atoms. The summed E-state index contributed by atoms with van der Waals surface area (Å²) >= 11 is 0. The Morgan fingerprint density at radius 3 is 1.58 bits per heavy atom. The van der Waals surface area contributed by atoms with Crippen LogP contribution in [0.4, 0.5) is 9.59 Å². The number of carbonyl (C=O) groups is 4. The Kier molecular flexibility index (Phi) is 8.00. The molecule has 0 heterocycles. The maximum Gasteiger partial charge on any atom is 0.408 e. The lowest BCUT2D eigenvalue weighted by atomic mass is 10.2. The predicted molar refractivity (Wildman–Crippen MR) is 82.7 cm³/mol. The monoisotopic (exact) mass is 347 g/mol. The second kappa shape index (κ2) is 8.94. The van der Waals surface area contributed by atoms with Crippen molar-refractivity contribution in [1.29, 1.82) is 0 Å². The second-order valence-electron chi connectivity index (χ2n) is 6.71. The van der Waals surface area contributed by atoms with Crippen LogP contribution < -0.4 is 16.1 Å². The molecule has 0 aromatic heterocycles. The molecule has 0 rings (SSSR count). The van der Waals surface area contributed by atoms with Gasteiger partial charge in [-0.1, -0.05) is 0 Å².